The largest absolute Gasteiger partial charge is 0.508 e. The highest BCUT2D eigenvalue weighted by molar-refractivity contribution is 6.30. The van der Waals surface area contributed by atoms with Gasteiger partial charge in [-0.25, -0.2) is 0 Å². The molecule has 1 atom stereocenters. The minimum absolute atomic E-state index is 0.00965. The number of nitrogens with zero attached hydrogens (tertiary/aromatic N) is 2. The molecule has 0 amide bonds. The molecule has 2 aliphatic rings. The topological polar surface area (TPSA) is 47.9 Å². The first-order valence-corrected chi connectivity index (χ1v) is 10.1. The van der Waals surface area contributed by atoms with E-state index < -0.39 is 0 Å². The first kappa shape index (κ1) is 18.5. The normalized spacial score (nSPS) is 22.6. The van der Waals surface area contributed by atoms with E-state index in [9.17, 15) is 5.11 Å². The minimum Gasteiger partial charge on any atom is -0.508 e. The van der Waals surface area contributed by atoms with Gasteiger partial charge in [0.05, 0.1) is 0 Å². The first-order valence-electron chi connectivity index (χ1n) is 9.71. The molecule has 27 heavy (non-hydrogen) atoms. The van der Waals surface area contributed by atoms with Crippen LogP contribution in [0.25, 0.3) is 0 Å². The molecule has 1 spiro atoms. The third-order valence-corrected chi connectivity index (χ3v) is 6.03. The first-order chi connectivity index (χ1) is 13.1. The second-order valence-corrected chi connectivity index (χ2v) is 7.93. The molecule has 0 aromatic heterocycles. The predicted molar refractivity (Wildman–Crippen MR) is 111 cm³/mol. The Bertz CT molecular complexity index is 829. The second-order valence-electron chi connectivity index (χ2n) is 7.49. The van der Waals surface area contributed by atoms with Crippen LogP contribution >= 0.6 is 11.6 Å². The highest BCUT2D eigenvalue weighted by atomic mass is 35.5. The maximum absolute atomic E-state index is 10.5. The molecule has 4 nitrogen and oxygen atoms in total. The highest BCUT2D eigenvalue weighted by Crippen LogP contribution is 2.38. The Balaban J connectivity index is 1.72. The van der Waals surface area contributed by atoms with Gasteiger partial charge in [0.1, 0.15) is 11.4 Å². The molecule has 2 aliphatic heterocycles. The molecule has 2 aromatic rings. The van der Waals surface area contributed by atoms with E-state index in [-0.39, 0.29) is 17.5 Å². The summed E-state index contributed by atoms with van der Waals surface area (Å²) in [4.78, 5) is 7.67. The molecule has 1 unspecified atom stereocenters. The number of aromatic hydroxyl groups is 1. The van der Waals surface area contributed by atoms with Crippen LogP contribution in [0.2, 0.25) is 5.02 Å². The van der Waals surface area contributed by atoms with E-state index in [1.165, 1.54) is 0 Å². The summed E-state index contributed by atoms with van der Waals surface area (Å²) in [7, 11) is 0. The summed E-state index contributed by atoms with van der Waals surface area (Å²) in [6.07, 6.45) is 2.67. The molecule has 0 bridgehead atoms. The van der Waals surface area contributed by atoms with Crippen LogP contribution < -0.4 is 5.32 Å². The van der Waals surface area contributed by atoms with Crippen molar-refractivity contribution in [3.8, 4) is 5.75 Å². The Kier molecular flexibility index (Phi) is 5.22. The lowest BCUT2D eigenvalue weighted by Crippen LogP contribution is -2.56. The van der Waals surface area contributed by atoms with Crippen LogP contribution in [0.1, 0.15) is 43.4 Å². The summed E-state index contributed by atoms with van der Waals surface area (Å²) in [5.74, 6) is 0.285. The van der Waals surface area contributed by atoms with E-state index in [0.29, 0.717) is 5.02 Å². The van der Waals surface area contributed by atoms with Crippen LogP contribution in [0, 0.1) is 0 Å². The minimum atomic E-state index is -0.283. The van der Waals surface area contributed by atoms with Crippen molar-refractivity contribution in [3.05, 3.63) is 64.7 Å². The van der Waals surface area contributed by atoms with Crippen molar-refractivity contribution >= 4 is 17.3 Å². The fourth-order valence-corrected chi connectivity index (χ4v) is 4.39. The number of hydrogen-bond donors (Lipinski definition) is 2. The van der Waals surface area contributed by atoms with Crippen molar-refractivity contribution in [2.45, 2.75) is 37.9 Å². The lowest BCUT2D eigenvalue weighted by atomic mass is 9.87. The molecule has 0 aliphatic carbocycles. The van der Waals surface area contributed by atoms with Crippen molar-refractivity contribution in [2.75, 3.05) is 19.6 Å². The zero-order valence-corrected chi connectivity index (χ0v) is 16.4. The zero-order valence-electron chi connectivity index (χ0n) is 15.7. The van der Waals surface area contributed by atoms with E-state index in [0.717, 1.165) is 55.7 Å². The van der Waals surface area contributed by atoms with Gasteiger partial charge >= 0.3 is 0 Å². The van der Waals surface area contributed by atoms with Crippen molar-refractivity contribution < 1.29 is 5.11 Å². The van der Waals surface area contributed by atoms with Crippen LogP contribution in [0.15, 0.2) is 53.5 Å². The summed E-state index contributed by atoms with van der Waals surface area (Å²) in [6.45, 7) is 5.34. The van der Waals surface area contributed by atoms with E-state index in [1.807, 2.05) is 12.1 Å². The molecule has 2 N–H and O–H groups in total. The van der Waals surface area contributed by atoms with Gasteiger partial charge in [-0.05, 0) is 43.1 Å². The van der Waals surface area contributed by atoms with Crippen molar-refractivity contribution in [3.63, 3.8) is 0 Å². The monoisotopic (exact) mass is 383 g/mol. The number of hydrogen-bond acceptors (Lipinski definition) is 4. The Labute approximate surface area is 165 Å². The van der Waals surface area contributed by atoms with E-state index in [2.05, 4.69) is 41.4 Å². The van der Waals surface area contributed by atoms with Gasteiger partial charge in [0.25, 0.3) is 0 Å². The quantitative estimate of drug-likeness (QED) is 0.826. The number of rotatable bonds is 3. The van der Waals surface area contributed by atoms with Gasteiger partial charge in [0.2, 0.25) is 0 Å². The molecule has 0 saturated carbocycles. The third kappa shape index (κ3) is 3.88. The SMILES string of the molecule is CCN1CCC2(CC1)N=C(c1ccccc1)CC(c1cc(Cl)ccc1O)N2. The van der Waals surface area contributed by atoms with Crippen LogP contribution in [-0.2, 0) is 0 Å². The number of aliphatic imine (C=N–C) groups is 1. The Morgan fingerprint density at radius 1 is 1.19 bits per heavy atom. The number of likely N-dealkylation sites (tertiary alicyclic amines) is 1. The van der Waals surface area contributed by atoms with Crippen LogP contribution in [0.5, 0.6) is 5.75 Å². The summed E-state index contributed by atoms with van der Waals surface area (Å²) in [5, 5.41) is 14.9. The molecule has 5 heteroatoms. The molecule has 0 radical (unpaired) electrons. The Hall–Kier alpha value is -1.88. The predicted octanol–water partition coefficient (Wildman–Crippen LogP) is 4.38. The van der Waals surface area contributed by atoms with E-state index in [4.69, 9.17) is 16.6 Å². The fourth-order valence-electron chi connectivity index (χ4n) is 4.21. The molecule has 2 aromatic carbocycles. The highest BCUT2D eigenvalue weighted by Gasteiger charge is 2.40. The van der Waals surface area contributed by atoms with Crippen LogP contribution in [0.3, 0.4) is 0 Å². The number of phenolic OH excluding ortho intramolecular Hbond substituents is 1. The summed E-state index contributed by atoms with van der Waals surface area (Å²) in [6, 6.07) is 15.6. The summed E-state index contributed by atoms with van der Waals surface area (Å²) >= 11 is 6.23. The van der Waals surface area contributed by atoms with Gasteiger partial charge in [-0.3, -0.25) is 10.3 Å². The lowest BCUT2D eigenvalue weighted by Gasteiger charge is -2.45. The number of phenols is 1. The van der Waals surface area contributed by atoms with Crippen molar-refractivity contribution in [1.29, 1.82) is 0 Å². The molecular formula is C22H26ClN3O. The molecule has 142 valence electrons. The lowest BCUT2D eigenvalue weighted by molar-refractivity contribution is 0.129. The second kappa shape index (κ2) is 7.63. The van der Waals surface area contributed by atoms with Crippen molar-refractivity contribution in [2.24, 2.45) is 4.99 Å². The number of benzene rings is 2. The third-order valence-electron chi connectivity index (χ3n) is 5.79. The zero-order chi connectivity index (χ0) is 18.9. The number of piperidine rings is 1. The van der Waals surface area contributed by atoms with Crippen molar-refractivity contribution in [1.82, 2.24) is 10.2 Å². The maximum Gasteiger partial charge on any atom is 0.120 e. The molecule has 1 fully saturated rings. The van der Waals surface area contributed by atoms with Gasteiger partial charge < -0.3 is 10.0 Å². The van der Waals surface area contributed by atoms with Gasteiger partial charge in [0, 0.05) is 41.8 Å². The van der Waals surface area contributed by atoms with Gasteiger partial charge in [-0.2, -0.15) is 0 Å². The molecular weight excluding hydrogens is 358 g/mol. The maximum atomic E-state index is 10.5. The molecule has 2 heterocycles. The van der Waals surface area contributed by atoms with Gasteiger partial charge in [-0.1, -0.05) is 48.9 Å². The molecule has 4 rings (SSSR count). The number of halogens is 1. The van der Waals surface area contributed by atoms with Crippen LogP contribution in [-0.4, -0.2) is 41.0 Å². The Morgan fingerprint density at radius 2 is 1.93 bits per heavy atom. The fraction of sp³-hybridized carbons (Fsp3) is 0.409. The summed E-state index contributed by atoms with van der Waals surface area (Å²) in [5.41, 5.74) is 2.82. The average molecular weight is 384 g/mol. The average Bonchev–Trinajstić information content (AvgIpc) is 2.71. The molecule has 1 saturated heterocycles. The standard InChI is InChI=1S/C22H26ClN3O/c1-2-26-12-10-22(11-13-26)24-19(16-6-4-3-5-7-16)15-20(25-22)18-14-17(23)8-9-21(18)27/h3-9,14,20,25,27H,2,10-13,15H2,1H3. The van der Waals surface area contributed by atoms with Gasteiger partial charge in [-0.15, -0.1) is 0 Å². The van der Waals surface area contributed by atoms with E-state index in [1.54, 1.807) is 12.1 Å². The van der Waals surface area contributed by atoms with Gasteiger partial charge in [0.15, 0.2) is 0 Å². The summed E-state index contributed by atoms with van der Waals surface area (Å²) < 4.78 is 0. The van der Waals surface area contributed by atoms with E-state index >= 15 is 0 Å². The smallest absolute Gasteiger partial charge is 0.120 e. The van der Waals surface area contributed by atoms with Crippen LogP contribution in [0.4, 0.5) is 0 Å². The number of nitrogens with one attached hydrogen (secondary N) is 1. The Morgan fingerprint density at radius 3 is 2.63 bits per heavy atom.